The molecule has 1 aromatic heterocycles. The van der Waals surface area contributed by atoms with E-state index in [2.05, 4.69) is 10.2 Å². The molecule has 0 spiro atoms. The summed E-state index contributed by atoms with van der Waals surface area (Å²) in [4.78, 5) is 43.2. The van der Waals surface area contributed by atoms with Gasteiger partial charge in [-0.15, -0.1) is 11.3 Å². The van der Waals surface area contributed by atoms with Crippen LogP contribution in [0.1, 0.15) is 43.0 Å². The van der Waals surface area contributed by atoms with Crippen LogP contribution in [-0.4, -0.2) is 42.1 Å². The van der Waals surface area contributed by atoms with Crippen molar-refractivity contribution in [3.63, 3.8) is 0 Å². The number of nitrogens with zero attached hydrogens (tertiary/aromatic N) is 2. The minimum Gasteiger partial charge on any atom is -0.369 e. The van der Waals surface area contributed by atoms with Gasteiger partial charge in [0.2, 0.25) is 11.8 Å². The summed E-state index contributed by atoms with van der Waals surface area (Å²) in [7, 11) is 0. The number of primary amides is 1. The predicted octanol–water partition coefficient (Wildman–Crippen LogP) is 3.45. The van der Waals surface area contributed by atoms with Gasteiger partial charge in [0, 0.05) is 41.6 Å². The smallest absolute Gasteiger partial charge is 0.242 e. The van der Waals surface area contributed by atoms with Crippen LogP contribution in [0.2, 0.25) is 0 Å². The average molecular weight is 465 g/mol. The molecule has 3 aliphatic rings. The molecule has 2 aliphatic heterocycles. The Morgan fingerprint density at radius 3 is 2.61 bits per heavy atom. The van der Waals surface area contributed by atoms with Crippen LogP contribution in [-0.2, 0) is 14.4 Å². The van der Waals surface area contributed by atoms with E-state index in [-0.39, 0.29) is 36.1 Å². The Hall–Kier alpha value is -3.13. The third-order valence-corrected chi connectivity index (χ3v) is 7.83. The van der Waals surface area contributed by atoms with E-state index in [1.165, 1.54) is 0 Å². The monoisotopic (exact) mass is 464 g/mol. The van der Waals surface area contributed by atoms with E-state index >= 15 is 0 Å². The highest BCUT2D eigenvalue weighted by Crippen LogP contribution is 2.45. The van der Waals surface area contributed by atoms with Gasteiger partial charge in [0.15, 0.2) is 5.78 Å². The number of nitrogens with one attached hydrogen (secondary N) is 1. The van der Waals surface area contributed by atoms with Crippen LogP contribution in [0.3, 0.4) is 0 Å². The summed E-state index contributed by atoms with van der Waals surface area (Å²) in [5, 5.41) is 5.55. The van der Waals surface area contributed by atoms with Gasteiger partial charge < -0.3 is 20.9 Å². The van der Waals surface area contributed by atoms with Crippen molar-refractivity contribution >= 4 is 40.3 Å². The van der Waals surface area contributed by atoms with Crippen LogP contribution in [0.25, 0.3) is 0 Å². The summed E-state index contributed by atoms with van der Waals surface area (Å²) in [6.45, 7) is 1.21. The molecule has 0 radical (unpaired) electrons. The predicted molar refractivity (Wildman–Crippen MR) is 129 cm³/mol. The Labute approximate surface area is 197 Å². The number of allylic oxidation sites excluding steroid dienone is 1. The first-order valence-corrected chi connectivity index (χ1v) is 12.4. The van der Waals surface area contributed by atoms with Gasteiger partial charge in [-0.3, -0.25) is 14.4 Å². The molecular weight excluding hydrogens is 436 g/mol. The van der Waals surface area contributed by atoms with E-state index in [0.717, 1.165) is 40.4 Å². The maximum atomic E-state index is 13.5. The molecule has 3 N–H and O–H groups in total. The third-order valence-electron chi connectivity index (χ3n) is 6.91. The largest absolute Gasteiger partial charge is 0.369 e. The first-order chi connectivity index (χ1) is 16.0. The van der Waals surface area contributed by atoms with Gasteiger partial charge in [0.1, 0.15) is 0 Å². The Morgan fingerprint density at radius 2 is 1.88 bits per heavy atom. The van der Waals surface area contributed by atoms with Crippen molar-refractivity contribution in [2.75, 3.05) is 29.9 Å². The Balaban J connectivity index is 1.52. The van der Waals surface area contributed by atoms with Crippen molar-refractivity contribution in [1.29, 1.82) is 0 Å². The third kappa shape index (κ3) is 4.15. The fourth-order valence-electron chi connectivity index (χ4n) is 5.18. The standard InChI is InChI=1S/C25H28N4O3S/c26-25(32)16-10-12-28(13-11-16)22(31)15-29-19-7-2-1-5-17(19)27-18-6-3-8-20(30)23(18)24(29)21-9-4-14-33-21/h1-2,4-5,7,9,14,16,24,27H,3,6,8,10-13,15H2,(H2,26,32). The van der Waals surface area contributed by atoms with Crippen LogP contribution >= 0.6 is 11.3 Å². The number of piperidine rings is 1. The van der Waals surface area contributed by atoms with Crippen molar-refractivity contribution in [3.8, 4) is 0 Å². The number of fused-ring (bicyclic) bond motifs is 1. The molecule has 1 atom stereocenters. The van der Waals surface area contributed by atoms with Crippen LogP contribution in [0.15, 0.2) is 53.0 Å². The summed E-state index contributed by atoms with van der Waals surface area (Å²) in [6.07, 6.45) is 3.38. The zero-order valence-electron chi connectivity index (χ0n) is 18.5. The van der Waals surface area contributed by atoms with E-state index in [1.54, 1.807) is 11.3 Å². The fraction of sp³-hybridized carbons (Fsp3) is 0.400. The van der Waals surface area contributed by atoms with E-state index in [9.17, 15) is 14.4 Å². The van der Waals surface area contributed by atoms with Crippen LogP contribution in [0.5, 0.6) is 0 Å². The Bertz CT molecular complexity index is 1100. The van der Waals surface area contributed by atoms with Crippen LogP contribution in [0, 0.1) is 5.92 Å². The van der Waals surface area contributed by atoms with Crippen LogP contribution in [0.4, 0.5) is 11.4 Å². The Kier molecular flexibility index (Phi) is 5.93. The number of Topliss-reactive ketones (excluding diaryl/α,β-unsaturated/α-hetero) is 1. The highest BCUT2D eigenvalue weighted by Gasteiger charge is 2.38. The molecule has 2 amide bonds. The van der Waals surface area contributed by atoms with Gasteiger partial charge in [-0.1, -0.05) is 18.2 Å². The van der Waals surface area contributed by atoms with Gasteiger partial charge in [-0.2, -0.15) is 0 Å². The summed E-state index contributed by atoms with van der Waals surface area (Å²) in [6, 6.07) is 11.7. The lowest BCUT2D eigenvalue weighted by molar-refractivity contribution is -0.133. The van der Waals surface area contributed by atoms with Gasteiger partial charge in [-0.25, -0.2) is 0 Å². The molecule has 1 saturated heterocycles. The number of rotatable bonds is 4. The van der Waals surface area contributed by atoms with Gasteiger partial charge in [0.05, 0.1) is 24.0 Å². The molecule has 0 bridgehead atoms. The zero-order chi connectivity index (χ0) is 22.9. The molecule has 3 heterocycles. The molecule has 1 aliphatic carbocycles. The summed E-state index contributed by atoms with van der Waals surface area (Å²) < 4.78 is 0. The lowest BCUT2D eigenvalue weighted by Gasteiger charge is -2.37. The van der Waals surface area contributed by atoms with E-state index in [0.29, 0.717) is 32.4 Å². The first-order valence-electron chi connectivity index (χ1n) is 11.5. The highest BCUT2D eigenvalue weighted by atomic mass is 32.1. The molecule has 2 aromatic rings. The van der Waals surface area contributed by atoms with E-state index in [4.69, 9.17) is 5.73 Å². The summed E-state index contributed by atoms with van der Waals surface area (Å²) >= 11 is 1.61. The lowest BCUT2D eigenvalue weighted by atomic mass is 9.88. The molecule has 5 rings (SSSR count). The number of hydrogen-bond donors (Lipinski definition) is 2. The maximum Gasteiger partial charge on any atom is 0.242 e. The number of para-hydroxylation sites is 2. The van der Waals surface area contributed by atoms with E-state index < -0.39 is 0 Å². The topological polar surface area (TPSA) is 95.7 Å². The molecule has 7 nitrogen and oxygen atoms in total. The van der Waals surface area contributed by atoms with Crippen molar-refractivity contribution in [3.05, 3.63) is 57.9 Å². The number of nitrogens with two attached hydrogens (primary N) is 1. The lowest BCUT2D eigenvalue weighted by Crippen LogP contribution is -2.47. The van der Waals surface area contributed by atoms with Gasteiger partial charge in [-0.05, 0) is 49.3 Å². The fourth-order valence-corrected chi connectivity index (χ4v) is 6.02. The molecule has 1 unspecified atom stereocenters. The number of anilines is 2. The summed E-state index contributed by atoms with van der Waals surface area (Å²) in [5.41, 5.74) is 9.04. The second-order valence-electron chi connectivity index (χ2n) is 8.91. The number of thiophene rings is 1. The quantitative estimate of drug-likeness (QED) is 0.723. The minimum atomic E-state index is -0.309. The molecule has 172 valence electrons. The van der Waals surface area contributed by atoms with Gasteiger partial charge >= 0.3 is 0 Å². The number of ketones is 1. The number of benzene rings is 1. The zero-order valence-corrected chi connectivity index (χ0v) is 19.3. The normalized spacial score (nSPS) is 21.2. The number of hydrogen-bond acceptors (Lipinski definition) is 6. The number of amides is 2. The second-order valence-corrected chi connectivity index (χ2v) is 9.89. The van der Waals surface area contributed by atoms with E-state index in [1.807, 2.05) is 46.7 Å². The Morgan fingerprint density at radius 1 is 1.09 bits per heavy atom. The van der Waals surface area contributed by atoms with Crippen molar-refractivity contribution < 1.29 is 14.4 Å². The molecule has 1 aromatic carbocycles. The van der Waals surface area contributed by atoms with Crippen molar-refractivity contribution in [2.45, 2.75) is 38.1 Å². The molecule has 33 heavy (non-hydrogen) atoms. The summed E-state index contributed by atoms with van der Waals surface area (Å²) in [5.74, 6) is -0.303. The van der Waals surface area contributed by atoms with Gasteiger partial charge in [0.25, 0.3) is 0 Å². The highest BCUT2D eigenvalue weighted by molar-refractivity contribution is 7.10. The van der Waals surface area contributed by atoms with Crippen molar-refractivity contribution in [1.82, 2.24) is 4.90 Å². The minimum absolute atomic E-state index is 0.00147. The molecule has 1 fully saturated rings. The first kappa shape index (κ1) is 21.7. The number of carbonyl (C=O) groups is 3. The van der Waals surface area contributed by atoms with Crippen molar-refractivity contribution in [2.24, 2.45) is 11.7 Å². The average Bonchev–Trinajstić information content (AvgIpc) is 3.30. The maximum absolute atomic E-state index is 13.5. The van der Waals surface area contributed by atoms with Crippen LogP contribution < -0.4 is 16.0 Å². The molecule has 0 saturated carbocycles. The SMILES string of the molecule is NC(=O)C1CCN(C(=O)CN2c3ccccc3NC3=C(C(=O)CCC3)C2c2cccs2)CC1. The number of carbonyl (C=O) groups excluding carboxylic acids is 3. The second kappa shape index (κ2) is 9.02. The molecule has 8 heteroatoms. The number of likely N-dealkylation sites (tertiary alicyclic amines) is 1. The molecular formula is C25H28N4O3S.